The molecule has 0 saturated carbocycles. The van der Waals surface area contributed by atoms with Crippen molar-refractivity contribution < 1.29 is 18.7 Å². The Morgan fingerprint density at radius 1 is 0.931 bits per heavy atom. The van der Waals surface area contributed by atoms with Gasteiger partial charge in [-0.25, -0.2) is 4.39 Å². The summed E-state index contributed by atoms with van der Waals surface area (Å²) in [6, 6.07) is 20.0. The molecular formula is C22H19FN2O3S. The Bertz CT molecular complexity index is 1010. The summed E-state index contributed by atoms with van der Waals surface area (Å²) in [4.78, 5) is 25.2. The molecule has 0 aliphatic carbocycles. The predicted molar refractivity (Wildman–Crippen MR) is 113 cm³/mol. The Kier molecular flexibility index (Phi) is 6.86. The van der Waals surface area contributed by atoms with E-state index >= 15 is 0 Å². The molecule has 0 saturated heterocycles. The average molecular weight is 410 g/mol. The zero-order valence-electron chi connectivity index (χ0n) is 15.6. The number of nitrogens with one attached hydrogen (secondary N) is 2. The second-order valence-electron chi connectivity index (χ2n) is 6.00. The zero-order valence-corrected chi connectivity index (χ0v) is 16.5. The van der Waals surface area contributed by atoms with Gasteiger partial charge < -0.3 is 15.4 Å². The fourth-order valence-corrected chi connectivity index (χ4v) is 3.26. The van der Waals surface area contributed by atoms with Crippen LogP contribution in [0.4, 0.5) is 15.8 Å². The minimum Gasteiger partial charge on any atom is -0.495 e. The molecule has 2 N–H and O–H groups in total. The Morgan fingerprint density at radius 3 is 2.34 bits per heavy atom. The lowest BCUT2D eigenvalue weighted by molar-refractivity contribution is -0.113. The average Bonchev–Trinajstić information content (AvgIpc) is 2.74. The lowest BCUT2D eigenvalue weighted by Crippen LogP contribution is -2.14. The molecule has 0 atom stereocenters. The first kappa shape index (κ1) is 20.4. The van der Waals surface area contributed by atoms with Gasteiger partial charge in [-0.3, -0.25) is 9.59 Å². The van der Waals surface area contributed by atoms with Gasteiger partial charge in [0.25, 0.3) is 5.91 Å². The molecule has 29 heavy (non-hydrogen) atoms. The number of rotatable bonds is 7. The van der Waals surface area contributed by atoms with E-state index < -0.39 is 11.7 Å². The summed E-state index contributed by atoms with van der Waals surface area (Å²) in [6.07, 6.45) is 0. The smallest absolute Gasteiger partial charge is 0.258 e. The maximum Gasteiger partial charge on any atom is 0.258 e. The number of ether oxygens (including phenoxy) is 1. The van der Waals surface area contributed by atoms with Gasteiger partial charge in [0.1, 0.15) is 11.6 Å². The van der Waals surface area contributed by atoms with Crippen LogP contribution in [0.3, 0.4) is 0 Å². The van der Waals surface area contributed by atoms with E-state index in [1.165, 1.54) is 30.0 Å². The van der Waals surface area contributed by atoms with E-state index in [2.05, 4.69) is 10.6 Å². The molecule has 148 valence electrons. The van der Waals surface area contributed by atoms with Crippen molar-refractivity contribution in [1.29, 1.82) is 0 Å². The molecule has 0 aromatic heterocycles. The van der Waals surface area contributed by atoms with E-state index in [-0.39, 0.29) is 17.2 Å². The molecule has 0 heterocycles. The fourth-order valence-electron chi connectivity index (χ4n) is 2.56. The second-order valence-corrected chi connectivity index (χ2v) is 7.04. The highest BCUT2D eigenvalue weighted by atomic mass is 32.2. The van der Waals surface area contributed by atoms with Crippen molar-refractivity contribution in [2.45, 2.75) is 4.90 Å². The molecule has 0 fully saturated rings. The Hall–Kier alpha value is -3.32. The number of carbonyl (C=O) groups excluding carboxylic acids is 2. The molecule has 0 bridgehead atoms. The first-order valence-electron chi connectivity index (χ1n) is 8.78. The van der Waals surface area contributed by atoms with Crippen LogP contribution in [0, 0.1) is 5.82 Å². The topological polar surface area (TPSA) is 67.4 Å². The monoisotopic (exact) mass is 410 g/mol. The predicted octanol–water partition coefficient (Wildman–Crippen LogP) is 4.82. The molecule has 3 aromatic rings. The maximum absolute atomic E-state index is 13.7. The zero-order chi connectivity index (χ0) is 20.6. The van der Waals surface area contributed by atoms with Gasteiger partial charge >= 0.3 is 0 Å². The Labute approximate surface area is 172 Å². The quantitative estimate of drug-likeness (QED) is 0.548. The number of methoxy groups -OCH3 is 1. The highest BCUT2D eigenvalue weighted by Crippen LogP contribution is 2.25. The minimum atomic E-state index is -0.571. The van der Waals surface area contributed by atoms with Crippen LogP contribution in [0.5, 0.6) is 5.75 Å². The van der Waals surface area contributed by atoms with Crippen LogP contribution in [-0.4, -0.2) is 24.7 Å². The first-order valence-corrected chi connectivity index (χ1v) is 9.77. The largest absolute Gasteiger partial charge is 0.495 e. The minimum absolute atomic E-state index is 0.0148. The van der Waals surface area contributed by atoms with Crippen LogP contribution in [-0.2, 0) is 4.79 Å². The molecule has 0 aliphatic rings. The van der Waals surface area contributed by atoms with Crippen LogP contribution in [0.1, 0.15) is 10.4 Å². The van der Waals surface area contributed by atoms with Crippen LogP contribution < -0.4 is 15.4 Å². The molecule has 0 aliphatic heterocycles. The molecule has 3 rings (SSSR count). The van der Waals surface area contributed by atoms with Gasteiger partial charge in [0.15, 0.2) is 0 Å². The van der Waals surface area contributed by atoms with Gasteiger partial charge in [-0.1, -0.05) is 24.3 Å². The molecule has 3 aromatic carbocycles. The summed E-state index contributed by atoms with van der Waals surface area (Å²) in [6.45, 7) is 0. The number of anilines is 2. The summed E-state index contributed by atoms with van der Waals surface area (Å²) in [5.74, 6) is -0.422. The highest BCUT2D eigenvalue weighted by molar-refractivity contribution is 8.00. The Balaban J connectivity index is 1.53. The molecule has 0 spiro atoms. The second kappa shape index (κ2) is 9.75. The van der Waals surface area contributed by atoms with Gasteiger partial charge in [0, 0.05) is 10.6 Å². The van der Waals surface area contributed by atoms with E-state index in [0.29, 0.717) is 17.1 Å². The van der Waals surface area contributed by atoms with Crippen molar-refractivity contribution in [2.24, 2.45) is 0 Å². The Morgan fingerprint density at radius 2 is 1.62 bits per heavy atom. The standard InChI is InChI=1S/C22H19FN2O3S/c1-28-20-9-5-4-8-19(20)25-21(26)14-29-16-12-10-15(11-13-16)24-22(27)17-6-2-3-7-18(17)23/h2-13H,14H2,1H3,(H,24,27)(H,25,26). The SMILES string of the molecule is COc1ccccc1NC(=O)CSc1ccc(NC(=O)c2ccccc2F)cc1. The summed E-state index contributed by atoms with van der Waals surface area (Å²) >= 11 is 1.36. The third-order valence-corrected chi connectivity index (χ3v) is 4.99. The van der Waals surface area contributed by atoms with Crippen molar-refractivity contribution in [3.63, 3.8) is 0 Å². The molecule has 0 unspecified atom stereocenters. The van der Waals surface area contributed by atoms with Crippen molar-refractivity contribution >= 4 is 35.0 Å². The molecular weight excluding hydrogens is 391 g/mol. The number of para-hydroxylation sites is 2. The molecule has 7 heteroatoms. The lowest BCUT2D eigenvalue weighted by Gasteiger charge is -2.10. The van der Waals surface area contributed by atoms with Gasteiger partial charge in [0.2, 0.25) is 5.91 Å². The van der Waals surface area contributed by atoms with Crippen LogP contribution in [0.2, 0.25) is 0 Å². The van der Waals surface area contributed by atoms with Gasteiger partial charge in [-0.05, 0) is 48.5 Å². The number of hydrogen-bond acceptors (Lipinski definition) is 4. The third-order valence-electron chi connectivity index (χ3n) is 3.98. The first-order chi connectivity index (χ1) is 14.1. The molecule has 2 amide bonds. The highest BCUT2D eigenvalue weighted by Gasteiger charge is 2.11. The van der Waals surface area contributed by atoms with E-state index in [1.807, 2.05) is 12.1 Å². The molecule has 0 radical (unpaired) electrons. The maximum atomic E-state index is 13.7. The van der Waals surface area contributed by atoms with Crippen LogP contribution in [0.25, 0.3) is 0 Å². The number of hydrogen-bond donors (Lipinski definition) is 2. The summed E-state index contributed by atoms with van der Waals surface area (Å²) in [7, 11) is 1.55. The van der Waals surface area contributed by atoms with Crippen LogP contribution in [0.15, 0.2) is 77.7 Å². The summed E-state index contributed by atoms with van der Waals surface area (Å²) in [5, 5.41) is 5.47. The van der Waals surface area contributed by atoms with Crippen LogP contribution >= 0.6 is 11.8 Å². The number of thioether (sulfide) groups is 1. The van der Waals surface area contributed by atoms with Crippen molar-refractivity contribution in [3.8, 4) is 5.75 Å². The normalized spacial score (nSPS) is 10.3. The number of amides is 2. The van der Waals surface area contributed by atoms with Gasteiger partial charge in [-0.2, -0.15) is 0 Å². The van der Waals surface area contributed by atoms with E-state index in [0.717, 1.165) is 4.90 Å². The third kappa shape index (κ3) is 5.58. The van der Waals surface area contributed by atoms with E-state index in [9.17, 15) is 14.0 Å². The fraction of sp³-hybridized carbons (Fsp3) is 0.0909. The van der Waals surface area contributed by atoms with Crippen molar-refractivity contribution in [2.75, 3.05) is 23.5 Å². The van der Waals surface area contributed by atoms with Crippen molar-refractivity contribution in [1.82, 2.24) is 0 Å². The van der Waals surface area contributed by atoms with Gasteiger partial charge in [-0.15, -0.1) is 11.8 Å². The summed E-state index contributed by atoms with van der Waals surface area (Å²) in [5.41, 5.74) is 1.15. The van der Waals surface area contributed by atoms with E-state index in [1.54, 1.807) is 49.6 Å². The van der Waals surface area contributed by atoms with Gasteiger partial charge in [0.05, 0.1) is 24.1 Å². The van der Waals surface area contributed by atoms with Crippen molar-refractivity contribution in [3.05, 3.63) is 84.2 Å². The number of benzene rings is 3. The molecule has 5 nitrogen and oxygen atoms in total. The van der Waals surface area contributed by atoms with E-state index in [4.69, 9.17) is 4.74 Å². The number of carbonyl (C=O) groups is 2. The lowest BCUT2D eigenvalue weighted by atomic mass is 10.2. The number of halogens is 1. The summed E-state index contributed by atoms with van der Waals surface area (Å²) < 4.78 is 18.9.